The number of benzene rings is 1. The number of sulfonamides is 1. The molecule has 1 aromatic heterocycles. The minimum atomic E-state index is -3.98. The van der Waals surface area contributed by atoms with E-state index < -0.39 is 33.6 Å². The molecule has 0 amide bonds. The molecule has 0 fully saturated rings. The molecule has 0 aliphatic heterocycles. The Balaban J connectivity index is 2.14. The van der Waals surface area contributed by atoms with Crippen molar-refractivity contribution in [2.75, 3.05) is 0 Å². The molecule has 0 saturated heterocycles. The van der Waals surface area contributed by atoms with Gasteiger partial charge in [-0.25, -0.2) is 8.42 Å². The molecule has 7 nitrogen and oxygen atoms in total. The molecule has 0 unspecified atom stereocenters. The minimum Gasteiger partial charge on any atom is -0.481 e. The summed E-state index contributed by atoms with van der Waals surface area (Å²) in [4.78, 5) is 25.3. The summed E-state index contributed by atoms with van der Waals surface area (Å²) in [5, 5.41) is 9.14. The number of carboxylic acids is 1. The monoisotopic (exact) mass is 501 g/mol. The third kappa shape index (κ3) is 8.90. The van der Waals surface area contributed by atoms with Gasteiger partial charge in [-0.05, 0) is 76.4 Å². The number of aryl methyl sites for hydroxylation is 1. The molecule has 2 N–H and O–H groups in total. The summed E-state index contributed by atoms with van der Waals surface area (Å²) in [6.07, 6.45) is 2.33. The summed E-state index contributed by atoms with van der Waals surface area (Å²) in [7, 11) is -3.98. The SMILES string of the molecule is CC(C)(C)OC(=O)[C@H](Cc1ccc(CCCCC(=O)O)s1)NS(=O)(=O)c1ccc(Cl)cc1. The summed E-state index contributed by atoms with van der Waals surface area (Å²) in [6.45, 7) is 5.15. The topological polar surface area (TPSA) is 110 Å². The number of rotatable bonds is 11. The Labute approximate surface area is 197 Å². The second-order valence-electron chi connectivity index (χ2n) is 8.33. The Bertz CT molecular complexity index is 1030. The van der Waals surface area contributed by atoms with Gasteiger partial charge in [0.05, 0.1) is 4.90 Å². The maximum absolute atomic E-state index is 12.8. The van der Waals surface area contributed by atoms with E-state index >= 15 is 0 Å². The van der Waals surface area contributed by atoms with Crippen molar-refractivity contribution in [3.8, 4) is 0 Å². The molecule has 1 heterocycles. The lowest BCUT2D eigenvalue weighted by Gasteiger charge is -2.24. The molecule has 0 saturated carbocycles. The highest BCUT2D eigenvalue weighted by Crippen LogP contribution is 2.23. The van der Waals surface area contributed by atoms with Gasteiger partial charge < -0.3 is 9.84 Å². The molecule has 2 rings (SSSR count). The fraction of sp³-hybridized carbons (Fsp3) is 0.455. The van der Waals surface area contributed by atoms with Crippen LogP contribution in [0.2, 0.25) is 5.02 Å². The molecular weight excluding hydrogens is 474 g/mol. The number of carbonyl (C=O) groups is 2. The molecule has 176 valence electrons. The fourth-order valence-electron chi connectivity index (χ4n) is 2.86. The van der Waals surface area contributed by atoms with Crippen LogP contribution in [-0.4, -0.2) is 37.1 Å². The first-order valence-electron chi connectivity index (χ1n) is 10.2. The Kier molecular flexibility index (Phi) is 9.27. The quantitative estimate of drug-likeness (QED) is 0.348. The molecule has 1 atom stereocenters. The van der Waals surface area contributed by atoms with Crippen LogP contribution in [0.4, 0.5) is 0 Å². The first-order valence-corrected chi connectivity index (χ1v) is 12.8. The van der Waals surface area contributed by atoms with Gasteiger partial charge in [-0.2, -0.15) is 4.72 Å². The predicted octanol–water partition coefficient (Wildman–Crippen LogP) is 4.43. The second-order valence-corrected chi connectivity index (χ2v) is 11.7. The zero-order chi connectivity index (χ0) is 23.9. The van der Waals surface area contributed by atoms with Crippen LogP contribution in [0.3, 0.4) is 0 Å². The van der Waals surface area contributed by atoms with Gasteiger partial charge in [0, 0.05) is 27.6 Å². The van der Waals surface area contributed by atoms with Crippen molar-refractivity contribution in [1.29, 1.82) is 0 Å². The van der Waals surface area contributed by atoms with Crippen LogP contribution >= 0.6 is 22.9 Å². The van der Waals surface area contributed by atoms with Gasteiger partial charge in [-0.1, -0.05) is 11.6 Å². The largest absolute Gasteiger partial charge is 0.481 e. The first-order chi connectivity index (χ1) is 14.9. The van der Waals surface area contributed by atoms with Crippen molar-refractivity contribution in [2.24, 2.45) is 0 Å². The summed E-state index contributed by atoms with van der Waals surface area (Å²) < 4.78 is 33.6. The highest BCUT2D eigenvalue weighted by atomic mass is 35.5. The zero-order valence-corrected chi connectivity index (χ0v) is 20.6. The van der Waals surface area contributed by atoms with Crippen molar-refractivity contribution in [1.82, 2.24) is 4.72 Å². The third-order valence-electron chi connectivity index (χ3n) is 4.30. The smallest absolute Gasteiger partial charge is 0.325 e. The predicted molar refractivity (Wildman–Crippen MR) is 125 cm³/mol. The Hall–Kier alpha value is -1.94. The highest BCUT2D eigenvalue weighted by molar-refractivity contribution is 7.89. The van der Waals surface area contributed by atoms with Crippen LogP contribution in [0.25, 0.3) is 0 Å². The van der Waals surface area contributed by atoms with Crippen LogP contribution < -0.4 is 4.72 Å². The van der Waals surface area contributed by atoms with Gasteiger partial charge in [-0.3, -0.25) is 9.59 Å². The molecule has 0 radical (unpaired) electrons. The molecule has 1 aromatic carbocycles. The van der Waals surface area contributed by atoms with Crippen LogP contribution in [-0.2, 0) is 37.2 Å². The lowest BCUT2D eigenvalue weighted by Crippen LogP contribution is -2.45. The van der Waals surface area contributed by atoms with E-state index in [1.807, 2.05) is 12.1 Å². The van der Waals surface area contributed by atoms with Gasteiger partial charge in [0.2, 0.25) is 10.0 Å². The number of unbranched alkanes of at least 4 members (excludes halogenated alkanes) is 1. The van der Waals surface area contributed by atoms with Crippen molar-refractivity contribution < 1.29 is 27.9 Å². The molecule has 0 aliphatic carbocycles. The van der Waals surface area contributed by atoms with Crippen molar-refractivity contribution in [2.45, 2.75) is 69.4 Å². The molecule has 10 heteroatoms. The average Bonchev–Trinajstić information content (AvgIpc) is 3.11. The van der Waals surface area contributed by atoms with Gasteiger partial charge in [0.25, 0.3) is 0 Å². The van der Waals surface area contributed by atoms with E-state index in [-0.39, 0.29) is 17.7 Å². The van der Waals surface area contributed by atoms with E-state index in [0.29, 0.717) is 11.4 Å². The Morgan fingerprint density at radius 1 is 1.09 bits per heavy atom. The van der Waals surface area contributed by atoms with E-state index in [1.165, 1.54) is 35.6 Å². The minimum absolute atomic E-state index is 0.000702. The summed E-state index contributed by atoms with van der Waals surface area (Å²) >= 11 is 7.32. The molecule has 2 aromatic rings. The molecule has 32 heavy (non-hydrogen) atoms. The number of esters is 1. The van der Waals surface area contributed by atoms with Crippen LogP contribution in [0.15, 0.2) is 41.3 Å². The number of aliphatic carboxylic acids is 1. The van der Waals surface area contributed by atoms with E-state index in [0.717, 1.165) is 22.6 Å². The number of ether oxygens (including phenoxy) is 1. The third-order valence-corrected chi connectivity index (χ3v) is 7.21. The Morgan fingerprint density at radius 3 is 2.31 bits per heavy atom. The summed E-state index contributed by atoms with van der Waals surface area (Å²) in [5.41, 5.74) is -0.772. The maximum Gasteiger partial charge on any atom is 0.325 e. The zero-order valence-electron chi connectivity index (χ0n) is 18.3. The van der Waals surface area contributed by atoms with Gasteiger partial charge in [0.1, 0.15) is 11.6 Å². The number of hydrogen-bond donors (Lipinski definition) is 2. The maximum atomic E-state index is 12.8. The normalized spacial score (nSPS) is 13.0. The van der Waals surface area contributed by atoms with Crippen LogP contribution in [0.1, 0.15) is 49.8 Å². The molecular formula is C22H28ClNO6S2. The molecule has 0 bridgehead atoms. The first kappa shape index (κ1) is 26.3. The van der Waals surface area contributed by atoms with Gasteiger partial charge in [-0.15, -0.1) is 11.3 Å². The van der Waals surface area contributed by atoms with Crippen molar-refractivity contribution in [3.05, 3.63) is 51.2 Å². The van der Waals surface area contributed by atoms with Crippen molar-refractivity contribution in [3.63, 3.8) is 0 Å². The molecule has 0 aliphatic rings. The van der Waals surface area contributed by atoms with E-state index in [1.54, 1.807) is 20.8 Å². The fourth-order valence-corrected chi connectivity index (χ4v) is 5.27. The average molecular weight is 502 g/mol. The summed E-state index contributed by atoms with van der Waals surface area (Å²) in [5.74, 6) is -1.48. The lowest BCUT2D eigenvalue weighted by atomic mass is 10.1. The number of hydrogen-bond acceptors (Lipinski definition) is 6. The summed E-state index contributed by atoms with van der Waals surface area (Å²) in [6, 6.07) is 8.34. The van der Waals surface area contributed by atoms with Gasteiger partial charge in [0.15, 0.2) is 0 Å². The van der Waals surface area contributed by atoms with Crippen LogP contribution in [0.5, 0.6) is 0 Å². The Morgan fingerprint density at radius 2 is 1.72 bits per heavy atom. The van der Waals surface area contributed by atoms with Crippen LogP contribution in [0, 0.1) is 0 Å². The number of thiophene rings is 1. The second kappa shape index (κ2) is 11.3. The molecule has 0 spiro atoms. The lowest BCUT2D eigenvalue weighted by molar-refractivity contribution is -0.156. The number of halogens is 1. The number of carbonyl (C=O) groups excluding carboxylic acids is 1. The van der Waals surface area contributed by atoms with E-state index in [2.05, 4.69) is 4.72 Å². The number of carboxylic acid groups (broad SMARTS) is 1. The van der Waals surface area contributed by atoms with E-state index in [9.17, 15) is 18.0 Å². The van der Waals surface area contributed by atoms with Crippen molar-refractivity contribution >= 4 is 44.9 Å². The standard InChI is InChI=1S/C22H28ClNO6S2/c1-22(2,3)30-21(27)19(24-32(28,29)18-12-8-15(23)9-13-18)14-17-11-10-16(31-17)6-4-5-7-20(25)26/h8-13,19,24H,4-7,14H2,1-3H3,(H,25,26)/t19-/m0/s1. The highest BCUT2D eigenvalue weighted by Gasteiger charge is 2.30. The van der Waals surface area contributed by atoms with Gasteiger partial charge >= 0.3 is 11.9 Å². The van der Waals surface area contributed by atoms with E-state index in [4.69, 9.17) is 21.4 Å². The number of nitrogens with one attached hydrogen (secondary N) is 1.